The molecule has 1 N–H and O–H groups in total. The normalized spacial score (nSPS) is 10.9. The first kappa shape index (κ1) is 17.8. The molecule has 0 aliphatic rings. The van der Waals surface area contributed by atoms with Crippen molar-refractivity contribution in [1.82, 2.24) is 20.3 Å². The van der Waals surface area contributed by atoms with E-state index in [0.29, 0.717) is 17.4 Å². The van der Waals surface area contributed by atoms with E-state index in [1.807, 2.05) is 51.1 Å². The number of carbonyl (C=O) groups is 1. The van der Waals surface area contributed by atoms with E-state index in [1.54, 1.807) is 6.07 Å². The quantitative estimate of drug-likeness (QED) is 0.764. The van der Waals surface area contributed by atoms with E-state index in [-0.39, 0.29) is 18.0 Å². The lowest BCUT2D eigenvalue weighted by molar-refractivity contribution is -0.121. The van der Waals surface area contributed by atoms with Crippen molar-refractivity contribution in [2.75, 3.05) is 6.54 Å². The number of aryl methyl sites for hydroxylation is 3. The second-order valence-electron chi connectivity index (χ2n) is 6.62. The maximum atomic E-state index is 12.6. The molecule has 0 aliphatic heterocycles. The van der Waals surface area contributed by atoms with Crippen LogP contribution in [0.3, 0.4) is 0 Å². The smallest absolute Gasteiger partial charge is 0.278 e. The number of carbonyl (C=O) groups excluding carboxylic acids is 1. The summed E-state index contributed by atoms with van der Waals surface area (Å²) >= 11 is 0. The third-order valence-electron chi connectivity index (χ3n) is 4.31. The summed E-state index contributed by atoms with van der Waals surface area (Å²) < 4.78 is 1.11. The summed E-state index contributed by atoms with van der Waals surface area (Å²) in [7, 11) is 0. The maximum absolute atomic E-state index is 12.6. The van der Waals surface area contributed by atoms with Gasteiger partial charge in [0, 0.05) is 6.54 Å². The van der Waals surface area contributed by atoms with Gasteiger partial charge in [0.25, 0.3) is 5.56 Å². The van der Waals surface area contributed by atoms with Crippen molar-refractivity contribution in [1.29, 1.82) is 0 Å². The lowest BCUT2D eigenvalue weighted by atomic mass is 10.1. The molecule has 0 atom stereocenters. The zero-order valence-electron chi connectivity index (χ0n) is 15.2. The van der Waals surface area contributed by atoms with Gasteiger partial charge in [0.15, 0.2) is 0 Å². The Balaban J connectivity index is 1.66. The Labute approximate surface area is 151 Å². The molecule has 1 heterocycles. The Kier molecular flexibility index (Phi) is 5.11. The molecule has 134 valence electrons. The van der Waals surface area contributed by atoms with Crippen LogP contribution in [-0.2, 0) is 17.8 Å². The van der Waals surface area contributed by atoms with Crippen LogP contribution < -0.4 is 10.9 Å². The van der Waals surface area contributed by atoms with Crippen LogP contribution in [0.15, 0.2) is 41.2 Å². The van der Waals surface area contributed by atoms with Gasteiger partial charge in [-0.25, -0.2) is 4.68 Å². The van der Waals surface area contributed by atoms with E-state index < -0.39 is 0 Å². The first-order valence-electron chi connectivity index (χ1n) is 8.61. The Hall–Kier alpha value is -3.02. The van der Waals surface area contributed by atoms with Gasteiger partial charge in [0.2, 0.25) is 5.91 Å². The standard InChI is InChI=1S/C20H22N4O2/c1-13-4-6-16(7-5-13)8-9-21-18(25)12-24-20(26)17-11-14(2)10-15(3)19(17)22-23-24/h4-7,10-11H,8-9,12H2,1-3H3,(H,21,25). The maximum Gasteiger partial charge on any atom is 0.278 e. The van der Waals surface area contributed by atoms with Gasteiger partial charge >= 0.3 is 0 Å². The molecular weight excluding hydrogens is 328 g/mol. The number of nitrogens with one attached hydrogen (secondary N) is 1. The monoisotopic (exact) mass is 350 g/mol. The SMILES string of the molecule is Cc1ccc(CCNC(=O)Cn2nnc3c(C)cc(C)cc3c2=O)cc1. The van der Waals surface area contributed by atoms with Crippen molar-refractivity contribution in [3.8, 4) is 0 Å². The fourth-order valence-corrected chi connectivity index (χ4v) is 2.93. The summed E-state index contributed by atoms with van der Waals surface area (Å²) in [6.07, 6.45) is 0.739. The fourth-order valence-electron chi connectivity index (χ4n) is 2.93. The highest BCUT2D eigenvalue weighted by molar-refractivity contribution is 5.81. The summed E-state index contributed by atoms with van der Waals surface area (Å²) in [5.74, 6) is -0.253. The highest BCUT2D eigenvalue weighted by Gasteiger charge is 2.11. The minimum atomic E-state index is -0.296. The summed E-state index contributed by atoms with van der Waals surface area (Å²) in [6.45, 7) is 6.23. The van der Waals surface area contributed by atoms with E-state index in [9.17, 15) is 9.59 Å². The van der Waals surface area contributed by atoms with Gasteiger partial charge in [-0.3, -0.25) is 9.59 Å². The fraction of sp³-hybridized carbons (Fsp3) is 0.300. The zero-order valence-corrected chi connectivity index (χ0v) is 15.2. The molecule has 3 rings (SSSR count). The summed E-state index contributed by atoms with van der Waals surface area (Å²) in [5.41, 5.74) is 4.53. The number of rotatable bonds is 5. The minimum Gasteiger partial charge on any atom is -0.354 e. The molecule has 26 heavy (non-hydrogen) atoms. The Morgan fingerprint density at radius 1 is 1.08 bits per heavy atom. The third-order valence-corrected chi connectivity index (χ3v) is 4.31. The number of hydrogen-bond donors (Lipinski definition) is 1. The molecule has 0 unspecified atom stereocenters. The van der Waals surface area contributed by atoms with E-state index in [4.69, 9.17) is 0 Å². The van der Waals surface area contributed by atoms with Gasteiger partial charge in [-0.2, -0.15) is 0 Å². The molecule has 0 saturated heterocycles. The van der Waals surface area contributed by atoms with Crippen LogP contribution in [0.5, 0.6) is 0 Å². The van der Waals surface area contributed by atoms with Crippen molar-refractivity contribution in [3.05, 3.63) is 69.0 Å². The van der Waals surface area contributed by atoms with Gasteiger partial charge in [0.05, 0.1) is 5.39 Å². The highest BCUT2D eigenvalue weighted by Crippen LogP contribution is 2.14. The second-order valence-corrected chi connectivity index (χ2v) is 6.62. The second kappa shape index (κ2) is 7.47. The molecule has 6 nitrogen and oxygen atoms in total. The number of hydrogen-bond acceptors (Lipinski definition) is 4. The molecule has 1 aromatic heterocycles. The van der Waals surface area contributed by atoms with E-state index in [0.717, 1.165) is 27.8 Å². The largest absolute Gasteiger partial charge is 0.354 e. The Bertz CT molecular complexity index is 1010. The number of fused-ring (bicyclic) bond motifs is 1. The topological polar surface area (TPSA) is 76.9 Å². The first-order chi connectivity index (χ1) is 12.4. The lowest BCUT2D eigenvalue weighted by Gasteiger charge is -2.08. The van der Waals surface area contributed by atoms with E-state index in [2.05, 4.69) is 15.6 Å². The average Bonchev–Trinajstić information content (AvgIpc) is 2.59. The zero-order chi connectivity index (χ0) is 18.7. The molecule has 0 radical (unpaired) electrons. The predicted octanol–water partition coefficient (Wildman–Crippen LogP) is 2.08. The van der Waals surface area contributed by atoms with Gasteiger partial charge in [-0.15, -0.1) is 5.10 Å². The van der Waals surface area contributed by atoms with E-state index in [1.165, 1.54) is 5.56 Å². The molecule has 2 aromatic carbocycles. The van der Waals surface area contributed by atoms with Crippen molar-refractivity contribution in [3.63, 3.8) is 0 Å². The molecule has 0 fully saturated rings. The van der Waals surface area contributed by atoms with Crippen LogP contribution in [0.25, 0.3) is 10.9 Å². The predicted molar refractivity (Wildman–Crippen MR) is 101 cm³/mol. The molecule has 6 heteroatoms. The Morgan fingerprint density at radius 2 is 1.81 bits per heavy atom. The number of aromatic nitrogens is 3. The van der Waals surface area contributed by atoms with Crippen molar-refractivity contribution in [2.45, 2.75) is 33.7 Å². The number of amides is 1. The van der Waals surface area contributed by atoms with Crippen LogP contribution >= 0.6 is 0 Å². The van der Waals surface area contributed by atoms with Crippen LogP contribution in [0.2, 0.25) is 0 Å². The number of nitrogens with zero attached hydrogens (tertiary/aromatic N) is 3. The first-order valence-corrected chi connectivity index (χ1v) is 8.61. The van der Waals surface area contributed by atoms with Gasteiger partial charge in [0.1, 0.15) is 12.1 Å². The van der Waals surface area contributed by atoms with E-state index >= 15 is 0 Å². The van der Waals surface area contributed by atoms with Gasteiger partial charge < -0.3 is 5.32 Å². The Morgan fingerprint density at radius 3 is 2.54 bits per heavy atom. The molecule has 1 amide bonds. The van der Waals surface area contributed by atoms with Gasteiger partial charge in [-0.05, 0) is 49.9 Å². The average molecular weight is 350 g/mol. The molecule has 0 saturated carbocycles. The van der Waals surface area contributed by atoms with Gasteiger partial charge in [-0.1, -0.05) is 41.1 Å². The molecular formula is C20H22N4O2. The van der Waals surface area contributed by atoms with Crippen LogP contribution in [-0.4, -0.2) is 27.4 Å². The summed E-state index contributed by atoms with van der Waals surface area (Å²) in [6, 6.07) is 11.9. The molecule has 0 aliphatic carbocycles. The summed E-state index contributed by atoms with van der Waals surface area (Å²) in [5, 5.41) is 11.3. The molecule has 0 bridgehead atoms. The molecule has 3 aromatic rings. The van der Waals surface area contributed by atoms with Crippen LogP contribution in [0.4, 0.5) is 0 Å². The number of benzene rings is 2. The summed E-state index contributed by atoms with van der Waals surface area (Å²) in [4.78, 5) is 24.7. The van der Waals surface area contributed by atoms with Crippen molar-refractivity contribution in [2.24, 2.45) is 0 Å². The van der Waals surface area contributed by atoms with Crippen molar-refractivity contribution < 1.29 is 4.79 Å². The third kappa shape index (κ3) is 3.96. The van der Waals surface area contributed by atoms with Crippen LogP contribution in [0.1, 0.15) is 22.3 Å². The highest BCUT2D eigenvalue weighted by atomic mass is 16.2. The lowest BCUT2D eigenvalue weighted by Crippen LogP contribution is -2.35. The van der Waals surface area contributed by atoms with Crippen molar-refractivity contribution >= 4 is 16.8 Å². The molecule has 0 spiro atoms. The van der Waals surface area contributed by atoms with Crippen LogP contribution in [0, 0.1) is 20.8 Å². The minimum absolute atomic E-state index is 0.136.